The molecule has 0 radical (unpaired) electrons. The van der Waals surface area contributed by atoms with E-state index in [4.69, 9.17) is 11.6 Å². The first-order chi connectivity index (χ1) is 8.65. The molecule has 1 nitrogen and oxygen atoms in total. The van der Waals surface area contributed by atoms with Crippen LogP contribution < -0.4 is 0 Å². The van der Waals surface area contributed by atoms with Gasteiger partial charge < -0.3 is 0 Å². The minimum atomic E-state index is -0.500. The molecule has 3 heteroatoms. The first-order valence-electron chi connectivity index (χ1n) is 5.22. The van der Waals surface area contributed by atoms with Crippen molar-refractivity contribution < 1.29 is 9.18 Å². The van der Waals surface area contributed by atoms with E-state index in [9.17, 15) is 9.18 Å². The maximum atomic E-state index is 12.9. The molecule has 0 aliphatic carbocycles. The van der Waals surface area contributed by atoms with Gasteiger partial charge in [0.15, 0.2) is 0 Å². The largest absolute Gasteiger partial charge is 0.276 e. The molecule has 2 rings (SSSR count). The highest BCUT2D eigenvalue weighted by atomic mass is 35.5. The number of hydrogen-bond donors (Lipinski definition) is 0. The standard InChI is InChI=1S/C15H8ClFO/c16-15(18)13-8-6-11(7-9-13)4-5-12-2-1-3-14(17)10-12/h1-3,6-10H. The highest BCUT2D eigenvalue weighted by Gasteiger charge is 1.99. The monoisotopic (exact) mass is 258 g/mol. The van der Waals surface area contributed by atoms with Crippen molar-refractivity contribution in [2.45, 2.75) is 0 Å². The molecular weight excluding hydrogens is 251 g/mol. The number of carbonyl (C=O) groups is 1. The van der Waals surface area contributed by atoms with Gasteiger partial charge in [0.25, 0.3) is 5.24 Å². The van der Waals surface area contributed by atoms with Crippen LogP contribution in [0.2, 0.25) is 0 Å². The molecule has 18 heavy (non-hydrogen) atoms. The van der Waals surface area contributed by atoms with E-state index in [2.05, 4.69) is 11.8 Å². The first-order valence-corrected chi connectivity index (χ1v) is 5.60. The van der Waals surface area contributed by atoms with Crippen LogP contribution in [0, 0.1) is 17.7 Å². The van der Waals surface area contributed by atoms with Crippen LogP contribution in [0.1, 0.15) is 21.5 Å². The average Bonchev–Trinajstić information content (AvgIpc) is 2.37. The third-order valence-corrected chi connectivity index (χ3v) is 2.51. The molecule has 0 saturated heterocycles. The number of benzene rings is 2. The maximum absolute atomic E-state index is 12.9. The molecule has 0 bridgehead atoms. The molecule has 2 aromatic carbocycles. The fraction of sp³-hybridized carbons (Fsp3) is 0. The highest BCUT2D eigenvalue weighted by Crippen LogP contribution is 2.07. The summed E-state index contributed by atoms with van der Waals surface area (Å²) in [5.74, 6) is 5.41. The predicted octanol–water partition coefficient (Wildman–Crippen LogP) is 3.60. The SMILES string of the molecule is O=C(Cl)c1ccc(C#Cc2cccc(F)c2)cc1. The zero-order valence-corrected chi connectivity index (χ0v) is 10.0. The lowest BCUT2D eigenvalue weighted by Gasteiger charge is -1.94. The van der Waals surface area contributed by atoms with Crippen molar-refractivity contribution in [3.8, 4) is 11.8 Å². The summed E-state index contributed by atoms with van der Waals surface area (Å²) < 4.78 is 12.9. The lowest BCUT2D eigenvalue weighted by atomic mass is 10.1. The molecule has 0 saturated carbocycles. The van der Waals surface area contributed by atoms with Gasteiger partial charge >= 0.3 is 0 Å². The van der Waals surface area contributed by atoms with Crippen LogP contribution in [0.4, 0.5) is 4.39 Å². The lowest BCUT2D eigenvalue weighted by Crippen LogP contribution is -1.87. The smallest absolute Gasteiger partial charge is 0.252 e. The molecule has 0 aliphatic heterocycles. The van der Waals surface area contributed by atoms with E-state index in [0.29, 0.717) is 11.1 Å². The Labute approximate surface area is 109 Å². The molecule has 0 atom stereocenters. The Bertz CT molecular complexity index is 636. The van der Waals surface area contributed by atoms with Crippen molar-refractivity contribution >= 4 is 16.8 Å². The third kappa shape index (κ3) is 3.19. The molecule has 0 spiro atoms. The van der Waals surface area contributed by atoms with E-state index in [1.807, 2.05) is 0 Å². The second kappa shape index (κ2) is 5.48. The van der Waals surface area contributed by atoms with Gasteiger partial charge in [0.05, 0.1) is 0 Å². The maximum Gasteiger partial charge on any atom is 0.252 e. The molecule has 0 N–H and O–H groups in total. The van der Waals surface area contributed by atoms with E-state index < -0.39 is 5.24 Å². The predicted molar refractivity (Wildman–Crippen MR) is 69.0 cm³/mol. The summed E-state index contributed by atoms with van der Waals surface area (Å²) in [7, 11) is 0. The molecule has 0 aromatic heterocycles. The number of carbonyl (C=O) groups excluding carboxylic acids is 1. The van der Waals surface area contributed by atoms with Crippen molar-refractivity contribution in [1.29, 1.82) is 0 Å². The summed E-state index contributed by atoms with van der Waals surface area (Å²) in [6.45, 7) is 0. The lowest BCUT2D eigenvalue weighted by molar-refractivity contribution is 0.108. The molecule has 0 unspecified atom stereocenters. The molecule has 0 amide bonds. The second-order valence-corrected chi connectivity index (χ2v) is 3.95. The minimum absolute atomic E-state index is 0.315. The summed E-state index contributed by atoms with van der Waals surface area (Å²) in [6, 6.07) is 12.7. The summed E-state index contributed by atoms with van der Waals surface area (Å²) in [4.78, 5) is 10.9. The van der Waals surface area contributed by atoms with Gasteiger partial charge in [0.1, 0.15) is 5.82 Å². The second-order valence-electron chi connectivity index (χ2n) is 3.61. The van der Waals surface area contributed by atoms with Crippen LogP contribution in [-0.4, -0.2) is 5.24 Å². The normalized spacial score (nSPS) is 9.44. The van der Waals surface area contributed by atoms with Crippen LogP contribution >= 0.6 is 11.6 Å². The fourth-order valence-electron chi connectivity index (χ4n) is 1.40. The topological polar surface area (TPSA) is 17.1 Å². The van der Waals surface area contributed by atoms with Gasteiger partial charge in [-0.2, -0.15) is 0 Å². The van der Waals surface area contributed by atoms with Gasteiger partial charge in [0.2, 0.25) is 0 Å². The van der Waals surface area contributed by atoms with Crippen molar-refractivity contribution in [3.63, 3.8) is 0 Å². The first kappa shape index (κ1) is 12.3. The van der Waals surface area contributed by atoms with Crippen LogP contribution in [0.5, 0.6) is 0 Å². The van der Waals surface area contributed by atoms with Gasteiger partial charge in [-0.15, -0.1) is 0 Å². The van der Waals surface area contributed by atoms with Crippen LogP contribution in [0.25, 0.3) is 0 Å². The Morgan fingerprint density at radius 2 is 1.67 bits per heavy atom. The van der Waals surface area contributed by atoms with Crippen molar-refractivity contribution in [3.05, 3.63) is 71.0 Å². The van der Waals surface area contributed by atoms with Gasteiger partial charge in [-0.05, 0) is 54.1 Å². The van der Waals surface area contributed by atoms with E-state index in [1.165, 1.54) is 12.1 Å². The zero-order valence-electron chi connectivity index (χ0n) is 9.28. The van der Waals surface area contributed by atoms with E-state index >= 15 is 0 Å². The Hall–Kier alpha value is -2.11. The summed E-state index contributed by atoms with van der Waals surface area (Å²) in [5, 5.41) is -0.500. The average molecular weight is 259 g/mol. The van der Waals surface area contributed by atoms with Crippen molar-refractivity contribution in [1.82, 2.24) is 0 Å². The van der Waals surface area contributed by atoms with E-state index in [0.717, 1.165) is 5.56 Å². The Balaban J connectivity index is 2.22. The quantitative estimate of drug-likeness (QED) is 0.564. The van der Waals surface area contributed by atoms with Crippen LogP contribution in [0.15, 0.2) is 48.5 Å². The molecule has 2 aromatic rings. The van der Waals surface area contributed by atoms with Gasteiger partial charge in [-0.1, -0.05) is 17.9 Å². The summed E-state index contributed by atoms with van der Waals surface area (Å²) in [5.41, 5.74) is 1.77. The summed E-state index contributed by atoms with van der Waals surface area (Å²) in [6.07, 6.45) is 0. The molecule has 0 heterocycles. The number of hydrogen-bond acceptors (Lipinski definition) is 1. The van der Waals surface area contributed by atoms with E-state index in [-0.39, 0.29) is 5.82 Å². The molecule has 0 aliphatic rings. The Kier molecular flexibility index (Phi) is 3.76. The van der Waals surface area contributed by atoms with E-state index in [1.54, 1.807) is 36.4 Å². The van der Waals surface area contributed by atoms with Crippen molar-refractivity contribution in [2.75, 3.05) is 0 Å². The minimum Gasteiger partial charge on any atom is -0.276 e. The summed E-state index contributed by atoms with van der Waals surface area (Å²) >= 11 is 5.33. The number of halogens is 2. The molecule has 88 valence electrons. The third-order valence-electron chi connectivity index (χ3n) is 2.29. The van der Waals surface area contributed by atoms with Gasteiger partial charge in [-0.25, -0.2) is 4.39 Å². The Morgan fingerprint density at radius 3 is 2.28 bits per heavy atom. The van der Waals surface area contributed by atoms with Crippen molar-refractivity contribution in [2.24, 2.45) is 0 Å². The van der Waals surface area contributed by atoms with Gasteiger partial charge in [0, 0.05) is 16.7 Å². The van der Waals surface area contributed by atoms with Gasteiger partial charge in [-0.3, -0.25) is 4.79 Å². The molecule has 0 fully saturated rings. The Morgan fingerprint density at radius 1 is 1.00 bits per heavy atom. The molecular formula is C15H8ClFO. The number of rotatable bonds is 1. The van der Waals surface area contributed by atoms with Crippen LogP contribution in [-0.2, 0) is 0 Å². The highest BCUT2D eigenvalue weighted by molar-refractivity contribution is 6.67. The van der Waals surface area contributed by atoms with Crippen LogP contribution in [0.3, 0.4) is 0 Å². The fourth-order valence-corrected chi connectivity index (χ4v) is 1.52. The zero-order chi connectivity index (χ0) is 13.0.